The van der Waals surface area contributed by atoms with Crippen molar-refractivity contribution in [1.29, 1.82) is 0 Å². The van der Waals surface area contributed by atoms with Gasteiger partial charge in [0.1, 0.15) is 11.4 Å². The van der Waals surface area contributed by atoms with Crippen molar-refractivity contribution in [2.24, 2.45) is 5.41 Å². The Morgan fingerprint density at radius 3 is 2.69 bits per heavy atom. The predicted molar refractivity (Wildman–Crippen MR) is 143 cm³/mol. The Hall–Kier alpha value is -3.15. The molecule has 0 amide bonds. The Morgan fingerprint density at radius 1 is 1.00 bits per heavy atom. The normalized spacial score (nSPS) is 19.1. The van der Waals surface area contributed by atoms with E-state index in [1.807, 2.05) is 24.4 Å². The quantitative estimate of drug-likeness (QED) is 0.356. The molecule has 1 aliphatic heterocycles. The van der Waals surface area contributed by atoms with E-state index in [1.165, 1.54) is 37.9 Å². The molecule has 4 aromatic rings. The molecular weight excluding hydrogens is 468 g/mol. The van der Waals surface area contributed by atoms with Crippen LogP contribution in [-0.4, -0.2) is 37.5 Å². The first-order chi connectivity index (χ1) is 17.6. The molecule has 2 aliphatic carbocycles. The molecule has 1 saturated carbocycles. The lowest BCUT2D eigenvalue weighted by molar-refractivity contribution is -0.0650. The first-order valence-corrected chi connectivity index (χ1v) is 13.3. The van der Waals surface area contributed by atoms with E-state index in [0.717, 1.165) is 65.0 Å². The molecule has 1 saturated heterocycles. The zero-order valence-electron chi connectivity index (χ0n) is 20.3. The number of likely N-dealkylation sites (tertiary alicyclic amines) is 1. The highest BCUT2D eigenvalue weighted by Crippen LogP contribution is 2.48. The first kappa shape index (κ1) is 22.1. The minimum Gasteiger partial charge on any atom is -0.508 e. The number of aromatic hydroxyl groups is 1. The third-order valence-electron chi connectivity index (χ3n) is 8.35. The molecule has 2 fully saturated rings. The van der Waals surface area contributed by atoms with Crippen LogP contribution in [0.15, 0.2) is 61.2 Å². The van der Waals surface area contributed by atoms with Crippen molar-refractivity contribution in [2.45, 2.75) is 45.1 Å². The van der Waals surface area contributed by atoms with E-state index in [2.05, 4.69) is 38.8 Å². The van der Waals surface area contributed by atoms with Crippen LogP contribution in [0.25, 0.3) is 16.8 Å². The van der Waals surface area contributed by atoms with Gasteiger partial charge in [0.05, 0.1) is 10.7 Å². The highest BCUT2D eigenvalue weighted by molar-refractivity contribution is 6.32. The lowest BCUT2D eigenvalue weighted by atomic mass is 9.63. The summed E-state index contributed by atoms with van der Waals surface area (Å²) in [5.74, 6) is 0.307. The van der Waals surface area contributed by atoms with E-state index < -0.39 is 0 Å². The maximum atomic E-state index is 10.2. The molecule has 4 heterocycles. The SMILES string of the molecule is Oc1ccc2c(c1)CCCC(c1ccncc1Cl)=C2c1ccn2cc(CN3CC4(CCC4)C3)nc2c1. The number of allylic oxidation sites excluding steroid dienone is 1. The minimum atomic E-state index is 0.307. The molecule has 1 spiro atoms. The third-order valence-corrected chi connectivity index (χ3v) is 8.65. The lowest BCUT2D eigenvalue weighted by Crippen LogP contribution is -2.58. The molecule has 0 radical (unpaired) electrons. The van der Waals surface area contributed by atoms with Crippen LogP contribution >= 0.6 is 11.6 Å². The number of aromatic nitrogens is 3. The molecule has 0 unspecified atom stereocenters. The third kappa shape index (κ3) is 3.73. The van der Waals surface area contributed by atoms with Crippen molar-refractivity contribution in [3.63, 3.8) is 0 Å². The van der Waals surface area contributed by atoms with Crippen LogP contribution in [0, 0.1) is 5.41 Å². The number of aryl methyl sites for hydroxylation is 1. The summed E-state index contributed by atoms with van der Waals surface area (Å²) in [6, 6.07) is 12.1. The lowest BCUT2D eigenvalue weighted by Gasteiger charge is -2.56. The maximum absolute atomic E-state index is 10.2. The first-order valence-electron chi connectivity index (χ1n) is 12.9. The number of imidazole rings is 1. The van der Waals surface area contributed by atoms with Crippen LogP contribution in [-0.2, 0) is 13.0 Å². The van der Waals surface area contributed by atoms with Gasteiger partial charge in [-0.15, -0.1) is 0 Å². The van der Waals surface area contributed by atoms with E-state index in [4.69, 9.17) is 16.6 Å². The summed E-state index contributed by atoms with van der Waals surface area (Å²) in [5, 5.41) is 10.9. The summed E-state index contributed by atoms with van der Waals surface area (Å²) in [4.78, 5) is 11.8. The largest absolute Gasteiger partial charge is 0.508 e. The molecule has 6 heteroatoms. The van der Waals surface area contributed by atoms with E-state index >= 15 is 0 Å². The van der Waals surface area contributed by atoms with Gasteiger partial charge in [-0.3, -0.25) is 9.88 Å². The van der Waals surface area contributed by atoms with Gasteiger partial charge in [0.25, 0.3) is 0 Å². The highest BCUT2D eigenvalue weighted by atomic mass is 35.5. The number of pyridine rings is 2. The standard InChI is InChI=1S/C30H29ClN4O/c31-27-15-32-11-7-25(27)26-4-1-3-20-13-23(36)5-6-24(20)29(26)21-8-12-35-17-22(33-28(35)14-21)16-34-18-30(19-34)9-2-10-30/h5-8,11-15,17,36H,1-4,9-10,16,18-19H2. The minimum absolute atomic E-state index is 0.307. The van der Waals surface area contributed by atoms with Gasteiger partial charge in [-0.05, 0) is 101 Å². The molecule has 0 bridgehead atoms. The second-order valence-electron chi connectivity index (χ2n) is 10.8. The van der Waals surface area contributed by atoms with Crippen LogP contribution in [0.5, 0.6) is 5.75 Å². The van der Waals surface area contributed by atoms with Crippen LogP contribution in [0.3, 0.4) is 0 Å². The van der Waals surface area contributed by atoms with Gasteiger partial charge in [0.15, 0.2) is 0 Å². The topological polar surface area (TPSA) is 53.7 Å². The predicted octanol–water partition coefficient (Wildman–Crippen LogP) is 6.37. The molecule has 3 aromatic heterocycles. The van der Waals surface area contributed by atoms with Gasteiger partial charge in [0.2, 0.25) is 0 Å². The average Bonchev–Trinajstić information content (AvgIpc) is 3.13. The van der Waals surface area contributed by atoms with Crippen molar-refractivity contribution in [3.8, 4) is 5.75 Å². The van der Waals surface area contributed by atoms with Crippen molar-refractivity contribution in [1.82, 2.24) is 19.3 Å². The molecule has 1 aromatic carbocycles. The smallest absolute Gasteiger partial charge is 0.137 e. The van der Waals surface area contributed by atoms with E-state index in [0.29, 0.717) is 16.2 Å². The number of halogens is 1. The van der Waals surface area contributed by atoms with Gasteiger partial charge in [0, 0.05) is 44.4 Å². The summed E-state index contributed by atoms with van der Waals surface area (Å²) in [7, 11) is 0. The number of fused-ring (bicyclic) bond motifs is 2. The Morgan fingerprint density at radius 2 is 1.89 bits per heavy atom. The summed E-state index contributed by atoms with van der Waals surface area (Å²) in [5.41, 5.74) is 9.55. The summed E-state index contributed by atoms with van der Waals surface area (Å²) < 4.78 is 2.13. The highest BCUT2D eigenvalue weighted by Gasteiger charge is 2.46. The van der Waals surface area contributed by atoms with Crippen molar-refractivity contribution < 1.29 is 5.11 Å². The van der Waals surface area contributed by atoms with Crippen molar-refractivity contribution in [3.05, 3.63) is 94.2 Å². The fraction of sp³-hybridized carbons (Fsp3) is 0.333. The Bertz CT molecular complexity index is 1510. The van der Waals surface area contributed by atoms with Crippen molar-refractivity contribution >= 4 is 28.4 Å². The molecule has 7 rings (SSSR count). The number of rotatable bonds is 4. The van der Waals surface area contributed by atoms with Gasteiger partial charge < -0.3 is 9.51 Å². The summed E-state index contributed by atoms with van der Waals surface area (Å²) in [6.45, 7) is 3.36. The Labute approximate surface area is 216 Å². The zero-order chi connectivity index (χ0) is 24.3. The summed E-state index contributed by atoms with van der Waals surface area (Å²) >= 11 is 6.66. The molecule has 5 nitrogen and oxygen atoms in total. The summed E-state index contributed by atoms with van der Waals surface area (Å²) in [6.07, 6.45) is 14.8. The van der Waals surface area contributed by atoms with Crippen LogP contribution in [0.4, 0.5) is 0 Å². The van der Waals surface area contributed by atoms with E-state index in [9.17, 15) is 5.11 Å². The number of phenols is 1. The number of hydrogen-bond donors (Lipinski definition) is 1. The molecule has 1 N–H and O–H groups in total. The Kier molecular flexibility index (Phi) is 5.19. The van der Waals surface area contributed by atoms with Gasteiger partial charge in [-0.1, -0.05) is 24.1 Å². The van der Waals surface area contributed by atoms with Gasteiger partial charge >= 0.3 is 0 Å². The average molecular weight is 497 g/mol. The monoisotopic (exact) mass is 496 g/mol. The van der Waals surface area contributed by atoms with Gasteiger partial charge in [-0.2, -0.15) is 0 Å². The Balaban J connectivity index is 1.31. The van der Waals surface area contributed by atoms with Gasteiger partial charge in [-0.25, -0.2) is 4.98 Å². The second kappa shape index (κ2) is 8.46. The molecule has 0 atom stereocenters. The van der Waals surface area contributed by atoms with Crippen LogP contribution in [0.1, 0.15) is 60.1 Å². The zero-order valence-corrected chi connectivity index (χ0v) is 21.0. The molecule has 36 heavy (non-hydrogen) atoms. The van der Waals surface area contributed by atoms with Crippen molar-refractivity contribution in [2.75, 3.05) is 13.1 Å². The number of benzene rings is 1. The van der Waals surface area contributed by atoms with E-state index in [-0.39, 0.29) is 0 Å². The number of phenolic OH excluding ortho intramolecular Hbond substituents is 1. The van der Waals surface area contributed by atoms with Crippen LogP contribution < -0.4 is 0 Å². The maximum Gasteiger partial charge on any atom is 0.137 e. The fourth-order valence-electron chi connectivity index (χ4n) is 6.50. The molecular formula is C30H29ClN4O. The molecule has 182 valence electrons. The molecule has 3 aliphatic rings. The van der Waals surface area contributed by atoms with E-state index in [1.54, 1.807) is 12.3 Å². The van der Waals surface area contributed by atoms with Crippen LogP contribution in [0.2, 0.25) is 5.02 Å². The second-order valence-corrected chi connectivity index (χ2v) is 11.2. The fourth-order valence-corrected chi connectivity index (χ4v) is 6.73. The number of hydrogen-bond acceptors (Lipinski definition) is 4. The number of nitrogens with zero attached hydrogens (tertiary/aromatic N) is 4.